The van der Waals surface area contributed by atoms with Crippen molar-refractivity contribution in [1.82, 2.24) is 9.97 Å². The fourth-order valence-corrected chi connectivity index (χ4v) is 2.00. The Labute approximate surface area is 135 Å². The van der Waals surface area contributed by atoms with Crippen molar-refractivity contribution in [3.63, 3.8) is 0 Å². The summed E-state index contributed by atoms with van der Waals surface area (Å²) in [6.07, 6.45) is 6.32. The molecule has 2 aromatic rings. The zero-order chi connectivity index (χ0) is 16.5. The predicted molar refractivity (Wildman–Crippen MR) is 89.2 cm³/mol. The van der Waals surface area contributed by atoms with Gasteiger partial charge in [-0.2, -0.15) is 5.26 Å². The summed E-state index contributed by atoms with van der Waals surface area (Å²) in [5.74, 6) is 0.167. The van der Waals surface area contributed by atoms with Gasteiger partial charge in [0.05, 0.1) is 16.8 Å². The molecule has 0 radical (unpaired) electrons. The van der Waals surface area contributed by atoms with Gasteiger partial charge in [-0.15, -0.1) is 0 Å². The minimum atomic E-state index is -0.342. The average molecular weight is 309 g/mol. The first-order valence-electron chi connectivity index (χ1n) is 7.61. The second-order valence-electron chi connectivity index (χ2n) is 5.04. The van der Waals surface area contributed by atoms with Crippen LogP contribution < -0.4 is 10.6 Å². The fourth-order valence-electron chi connectivity index (χ4n) is 2.00. The number of unbranched alkanes of at least 4 members (excludes halogenated alkanes) is 2. The van der Waals surface area contributed by atoms with Crippen LogP contribution in [0.3, 0.4) is 0 Å². The first kappa shape index (κ1) is 16.4. The van der Waals surface area contributed by atoms with E-state index >= 15 is 0 Å². The van der Waals surface area contributed by atoms with Gasteiger partial charge in [-0.05, 0) is 18.6 Å². The van der Waals surface area contributed by atoms with Gasteiger partial charge >= 0.3 is 0 Å². The third kappa shape index (κ3) is 4.78. The summed E-state index contributed by atoms with van der Waals surface area (Å²) in [4.78, 5) is 20.4. The highest BCUT2D eigenvalue weighted by Crippen LogP contribution is 2.14. The van der Waals surface area contributed by atoms with E-state index in [-0.39, 0.29) is 5.91 Å². The maximum absolute atomic E-state index is 12.2. The number of nitrogens with zero attached hydrogens (tertiary/aromatic N) is 3. The number of nitrogens with one attached hydrogen (secondary N) is 2. The molecule has 6 heteroatoms. The number of anilines is 2. The molecule has 1 heterocycles. The van der Waals surface area contributed by atoms with Crippen LogP contribution in [0.5, 0.6) is 0 Å². The highest BCUT2D eigenvalue weighted by molar-refractivity contribution is 6.04. The number of nitriles is 1. The van der Waals surface area contributed by atoms with Crippen molar-refractivity contribution in [2.45, 2.75) is 26.2 Å². The van der Waals surface area contributed by atoms with E-state index in [0.717, 1.165) is 25.8 Å². The van der Waals surface area contributed by atoms with Crippen molar-refractivity contribution in [3.8, 4) is 6.07 Å². The van der Waals surface area contributed by atoms with E-state index < -0.39 is 0 Å². The number of para-hydroxylation sites is 1. The molecular weight excluding hydrogens is 290 g/mol. The first-order valence-corrected chi connectivity index (χ1v) is 7.61. The average Bonchev–Trinajstić information content (AvgIpc) is 2.59. The SMILES string of the molecule is CCCCCNc1ncc(C(=O)Nc2ccccc2C#N)cn1. The van der Waals surface area contributed by atoms with E-state index in [4.69, 9.17) is 5.26 Å². The fraction of sp³-hybridized carbons (Fsp3) is 0.294. The Hall–Kier alpha value is -2.94. The lowest BCUT2D eigenvalue weighted by atomic mass is 10.2. The van der Waals surface area contributed by atoms with Gasteiger partial charge in [-0.3, -0.25) is 4.79 Å². The van der Waals surface area contributed by atoms with Gasteiger partial charge < -0.3 is 10.6 Å². The van der Waals surface area contributed by atoms with Gasteiger partial charge in [0.1, 0.15) is 6.07 Å². The largest absolute Gasteiger partial charge is 0.354 e. The number of carbonyl (C=O) groups is 1. The molecule has 0 aliphatic rings. The van der Waals surface area contributed by atoms with Crippen LogP contribution >= 0.6 is 0 Å². The lowest BCUT2D eigenvalue weighted by Gasteiger charge is -2.07. The van der Waals surface area contributed by atoms with Crippen LogP contribution in [0.2, 0.25) is 0 Å². The molecule has 1 aromatic carbocycles. The Morgan fingerprint density at radius 3 is 2.65 bits per heavy atom. The summed E-state index contributed by atoms with van der Waals surface area (Å²) < 4.78 is 0. The van der Waals surface area contributed by atoms with Gasteiger partial charge in [0, 0.05) is 18.9 Å². The number of hydrogen-bond donors (Lipinski definition) is 2. The second kappa shape index (κ2) is 8.49. The highest BCUT2D eigenvalue weighted by Gasteiger charge is 2.10. The summed E-state index contributed by atoms with van der Waals surface area (Å²) >= 11 is 0. The van der Waals surface area contributed by atoms with Crippen molar-refractivity contribution in [2.75, 3.05) is 17.2 Å². The van der Waals surface area contributed by atoms with E-state index in [9.17, 15) is 4.79 Å². The van der Waals surface area contributed by atoms with Crippen LogP contribution in [0.4, 0.5) is 11.6 Å². The zero-order valence-electron chi connectivity index (χ0n) is 13.0. The summed E-state index contributed by atoms with van der Waals surface area (Å²) in [6, 6.07) is 8.88. The molecule has 0 bridgehead atoms. The van der Waals surface area contributed by atoms with Crippen LogP contribution in [0.25, 0.3) is 0 Å². The summed E-state index contributed by atoms with van der Waals surface area (Å²) in [7, 11) is 0. The molecule has 0 aliphatic heterocycles. The molecule has 0 aliphatic carbocycles. The Bertz CT molecular complexity index is 691. The molecule has 1 amide bonds. The number of rotatable bonds is 7. The van der Waals surface area contributed by atoms with E-state index in [0.29, 0.717) is 22.8 Å². The molecule has 0 saturated carbocycles. The maximum Gasteiger partial charge on any atom is 0.258 e. The number of amides is 1. The zero-order valence-corrected chi connectivity index (χ0v) is 13.0. The molecule has 0 atom stereocenters. The van der Waals surface area contributed by atoms with Gasteiger partial charge in [-0.1, -0.05) is 31.9 Å². The third-order valence-electron chi connectivity index (χ3n) is 3.27. The lowest BCUT2D eigenvalue weighted by Crippen LogP contribution is -2.14. The van der Waals surface area contributed by atoms with Crippen LogP contribution in [0.1, 0.15) is 42.1 Å². The summed E-state index contributed by atoms with van der Waals surface area (Å²) in [6.45, 7) is 2.96. The van der Waals surface area contributed by atoms with Crippen molar-refractivity contribution in [1.29, 1.82) is 5.26 Å². The van der Waals surface area contributed by atoms with Crippen LogP contribution in [-0.2, 0) is 0 Å². The van der Waals surface area contributed by atoms with E-state index in [1.165, 1.54) is 12.4 Å². The van der Waals surface area contributed by atoms with E-state index in [2.05, 4.69) is 27.5 Å². The molecule has 2 rings (SSSR count). The minimum Gasteiger partial charge on any atom is -0.354 e. The highest BCUT2D eigenvalue weighted by atomic mass is 16.1. The van der Waals surface area contributed by atoms with Crippen molar-refractivity contribution in [2.24, 2.45) is 0 Å². The predicted octanol–water partition coefficient (Wildman–Crippen LogP) is 3.20. The van der Waals surface area contributed by atoms with E-state index in [1.807, 2.05) is 6.07 Å². The molecule has 6 nitrogen and oxygen atoms in total. The monoisotopic (exact) mass is 309 g/mol. The Morgan fingerprint density at radius 1 is 1.22 bits per heavy atom. The molecule has 0 spiro atoms. The standard InChI is InChI=1S/C17H19N5O/c1-2-3-6-9-19-17-20-11-14(12-21-17)16(23)22-15-8-5-4-7-13(15)10-18/h4-5,7-8,11-12H,2-3,6,9H2,1H3,(H,22,23)(H,19,20,21). The van der Waals surface area contributed by atoms with Gasteiger partial charge in [0.2, 0.25) is 5.95 Å². The summed E-state index contributed by atoms with van der Waals surface area (Å²) in [5, 5.41) is 14.8. The van der Waals surface area contributed by atoms with Crippen LogP contribution in [-0.4, -0.2) is 22.4 Å². The molecule has 118 valence electrons. The van der Waals surface area contributed by atoms with Gasteiger partial charge in [-0.25, -0.2) is 9.97 Å². The van der Waals surface area contributed by atoms with Crippen LogP contribution in [0.15, 0.2) is 36.7 Å². The second-order valence-corrected chi connectivity index (χ2v) is 5.04. The summed E-state index contributed by atoms with van der Waals surface area (Å²) in [5.41, 5.74) is 1.23. The van der Waals surface area contributed by atoms with Gasteiger partial charge in [0.15, 0.2) is 0 Å². The topological polar surface area (TPSA) is 90.7 Å². The molecule has 0 saturated heterocycles. The van der Waals surface area contributed by atoms with Gasteiger partial charge in [0.25, 0.3) is 5.91 Å². The molecular formula is C17H19N5O. The Balaban J connectivity index is 1.96. The minimum absolute atomic E-state index is 0.342. The number of hydrogen-bond acceptors (Lipinski definition) is 5. The number of aromatic nitrogens is 2. The quantitative estimate of drug-likeness (QED) is 0.766. The third-order valence-corrected chi connectivity index (χ3v) is 3.27. The normalized spacial score (nSPS) is 9.91. The molecule has 1 aromatic heterocycles. The lowest BCUT2D eigenvalue weighted by molar-refractivity contribution is 0.102. The molecule has 0 fully saturated rings. The molecule has 0 unspecified atom stereocenters. The van der Waals surface area contributed by atoms with E-state index in [1.54, 1.807) is 24.3 Å². The van der Waals surface area contributed by atoms with Crippen molar-refractivity contribution < 1.29 is 4.79 Å². The Morgan fingerprint density at radius 2 is 1.96 bits per heavy atom. The molecule has 2 N–H and O–H groups in total. The molecule has 23 heavy (non-hydrogen) atoms. The number of benzene rings is 1. The Kier molecular flexibility index (Phi) is 6.07. The number of carbonyl (C=O) groups excluding carboxylic acids is 1. The van der Waals surface area contributed by atoms with Crippen molar-refractivity contribution >= 4 is 17.5 Å². The first-order chi connectivity index (χ1) is 11.2. The smallest absolute Gasteiger partial charge is 0.258 e. The maximum atomic E-state index is 12.2. The van der Waals surface area contributed by atoms with Crippen LogP contribution in [0, 0.1) is 11.3 Å². The van der Waals surface area contributed by atoms with Crippen molar-refractivity contribution in [3.05, 3.63) is 47.8 Å².